The zero-order chi connectivity index (χ0) is 47.5. The maximum atomic E-state index is 14.7. The number of hydrogen-bond donors (Lipinski definition) is 7. The summed E-state index contributed by atoms with van der Waals surface area (Å²) in [4.78, 5) is 81.1. The number of benzene rings is 3. The van der Waals surface area contributed by atoms with Crippen LogP contribution in [-0.4, -0.2) is 109 Å². The van der Waals surface area contributed by atoms with Gasteiger partial charge in [-0.05, 0) is 93.5 Å². The Hall–Kier alpha value is -6.94. The normalized spacial score (nSPS) is 17.7. The van der Waals surface area contributed by atoms with Gasteiger partial charge in [-0.15, -0.1) is 0 Å². The summed E-state index contributed by atoms with van der Waals surface area (Å²) in [6, 6.07) is 15.3. The molecule has 1 saturated carbocycles. The van der Waals surface area contributed by atoms with Crippen molar-refractivity contribution in [3.63, 3.8) is 0 Å². The molecule has 3 aromatic carbocycles. The highest BCUT2D eigenvalue weighted by Crippen LogP contribution is 2.40. The summed E-state index contributed by atoms with van der Waals surface area (Å²) < 4.78 is 12.2. The second kappa shape index (κ2) is 22.3. The number of nitrogens with one attached hydrogen (secondary N) is 4. The van der Waals surface area contributed by atoms with E-state index in [4.69, 9.17) is 26.7 Å². The van der Waals surface area contributed by atoms with Gasteiger partial charge < -0.3 is 52.8 Å². The van der Waals surface area contributed by atoms with E-state index in [-0.39, 0.29) is 57.8 Å². The zero-order valence-electron chi connectivity index (χ0n) is 37.8. The van der Waals surface area contributed by atoms with Gasteiger partial charge in [0.1, 0.15) is 55.4 Å². The number of nitrogens with two attached hydrogens (primary N) is 3. The number of fused-ring (bicyclic) bond motifs is 5. The molecule has 0 unspecified atom stereocenters. The molecule has 6 rings (SSSR count). The Balaban J connectivity index is 1.37. The second-order valence-electron chi connectivity index (χ2n) is 16.5. The highest BCUT2D eigenvalue weighted by molar-refractivity contribution is 6.00. The number of rotatable bonds is 16. The van der Waals surface area contributed by atoms with E-state index in [1.807, 2.05) is 18.2 Å². The van der Waals surface area contributed by atoms with Gasteiger partial charge >= 0.3 is 0 Å². The molecule has 1 fully saturated rings. The van der Waals surface area contributed by atoms with Gasteiger partial charge in [0.05, 0.1) is 23.0 Å². The van der Waals surface area contributed by atoms with Crippen molar-refractivity contribution in [2.45, 2.75) is 83.0 Å². The van der Waals surface area contributed by atoms with E-state index in [2.05, 4.69) is 43.4 Å². The van der Waals surface area contributed by atoms with Gasteiger partial charge in [-0.3, -0.25) is 24.0 Å². The smallest absolute Gasteiger partial charge is 0.255 e. The predicted octanol–water partition coefficient (Wildman–Crippen LogP) is 2.20. The Morgan fingerprint density at radius 2 is 1.48 bits per heavy atom. The number of ether oxygens (including phenoxy) is 2. The minimum atomic E-state index is -1.40. The van der Waals surface area contributed by atoms with Crippen LogP contribution in [0.3, 0.4) is 0 Å². The van der Waals surface area contributed by atoms with Crippen molar-refractivity contribution >= 4 is 29.5 Å². The average molecular weight is 902 g/mol. The van der Waals surface area contributed by atoms with Crippen molar-refractivity contribution in [1.82, 2.24) is 36.1 Å². The van der Waals surface area contributed by atoms with Gasteiger partial charge in [0.25, 0.3) is 5.91 Å². The number of aryl methyl sites for hydroxylation is 2. The lowest BCUT2D eigenvalue weighted by molar-refractivity contribution is -0.141. The first-order chi connectivity index (χ1) is 31.8. The fourth-order valence-electron chi connectivity index (χ4n) is 8.18. The number of nitrogens with zero attached hydrogens (tertiary/aromatic N) is 4. The first-order valence-corrected chi connectivity index (χ1v) is 22.2. The molecule has 1 aliphatic heterocycles. The Bertz CT molecular complexity index is 2450. The molecule has 2 aliphatic rings. The third kappa shape index (κ3) is 11.3. The number of likely N-dealkylation sites (N-methyl/N-ethyl adjacent to an activating group) is 1. The van der Waals surface area contributed by atoms with Crippen LogP contribution >= 0.6 is 0 Å². The van der Waals surface area contributed by atoms with E-state index >= 15 is 0 Å². The number of carbonyl (C=O) groups excluding carboxylic acids is 5. The molecule has 4 aromatic rings. The van der Waals surface area contributed by atoms with E-state index in [9.17, 15) is 29.2 Å². The second-order valence-corrected chi connectivity index (χ2v) is 16.5. The number of carbonyl (C=O) groups is 5. The first-order valence-electron chi connectivity index (χ1n) is 22.2. The van der Waals surface area contributed by atoms with Crippen LogP contribution in [0.15, 0.2) is 60.7 Å². The molecule has 4 atom stereocenters. The highest BCUT2D eigenvalue weighted by Gasteiger charge is 2.36. The van der Waals surface area contributed by atoms with E-state index < -0.39 is 53.7 Å². The van der Waals surface area contributed by atoms with Gasteiger partial charge in [-0.1, -0.05) is 42.8 Å². The third-order valence-corrected chi connectivity index (χ3v) is 11.9. The molecule has 0 spiro atoms. The summed E-state index contributed by atoms with van der Waals surface area (Å²) in [7, 11) is 1.42. The minimum Gasteiger partial charge on any atom is -0.492 e. The van der Waals surface area contributed by atoms with E-state index in [0.717, 1.165) is 5.56 Å². The average Bonchev–Trinajstić information content (AvgIpc) is 3.28. The lowest BCUT2D eigenvalue weighted by Crippen LogP contribution is -2.56. The van der Waals surface area contributed by atoms with Crippen molar-refractivity contribution in [3.8, 4) is 40.1 Å². The first kappa shape index (κ1) is 48.5. The molecule has 348 valence electrons. The Labute approximate surface area is 384 Å². The Morgan fingerprint density at radius 1 is 0.864 bits per heavy atom. The Morgan fingerprint density at radius 3 is 2.08 bits per heavy atom. The monoisotopic (exact) mass is 901 g/mol. The summed E-state index contributed by atoms with van der Waals surface area (Å²) >= 11 is 0. The fourth-order valence-corrected chi connectivity index (χ4v) is 8.18. The molecule has 10 N–H and O–H groups in total. The molecular formula is C48H59N11O7. The topological polar surface area (TPSA) is 283 Å². The minimum absolute atomic E-state index is 0.00406. The lowest BCUT2D eigenvalue weighted by atomic mass is 9.80. The van der Waals surface area contributed by atoms with Crippen LogP contribution in [0.5, 0.6) is 11.5 Å². The van der Waals surface area contributed by atoms with Gasteiger partial charge in [0.2, 0.25) is 23.6 Å². The summed E-state index contributed by atoms with van der Waals surface area (Å²) in [6.07, 6.45) is 3.61. The molecule has 5 amide bonds. The van der Waals surface area contributed by atoms with Crippen molar-refractivity contribution in [2.24, 2.45) is 17.2 Å². The van der Waals surface area contributed by atoms with Gasteiger partial charge in [0, 0.05) is 43.2 Å². The summed E-state index contributed by atoms with van der Waals surface area (Å²) in [5.74, 6) is -1.49. The molecule has 4 bridgehead atoms. The number of nitriles is 1. The Kier molecular flexibility index (Phi) is 16.4. The number of amides is 5. The summed E-state index contributed by atoms with van der Waals surface area (Å²) in [6.45, 7) is 5.24. The predicted molar refractivity (Wildman–Crippen MR) is 247 cm³/mol. The molecule has 2 heterocycles. The van der Waals surface area contributed by atoms with Crippen molar-refractivity contribution in [2.75, 3.05) is 46.4 Å². The van der Waals surface area contributed by atoms with Crippen LogP contribution < -0.4 is 47.9 Å². The largest absolute Gasteiger partial charge is 0.492 e. The molecule has 18 nitrogen and oxygen atoms in total. The standard InChI is InChI=1S/C48H59N11O7/c1-27-41(28(2)55-43(54-27)33-11-9-32(10-12-33)31-6-5-7-31)46(62)57-37(16-17-49)48(64)59(4)42-34-13-15-40(66-23-20-52)36(26-34)35-24-30(8-14-39(35)65-22-19-51)25-38(45(61)53-21-18-50)58-44(60)29(3)56-47(42)63/h8-15,24,26,29,31,37-38,42H,5-7,16-17,19-23,25,49,51-52H2,1-4H3,(H,53,61)(H,56,63)(H,57,62)(H,58,60)/t29-,37-,38-,42-/m0/s1. The van der Waals surface area contributed by atoms with Gasteiger partial charge in [-0.25, -0.2) is 9.97 Å². The van der Waals surface area contributed by atoms with Crippen molar-refractivity contribution in [1.29, 1.82) is 5.26 Å². The third-order valence-electron chi connectivity index (χ3n) is 11.9. The number of hydrogen-bond acceptors (Lipinski definition) is 13. The van der Waals surface area contributed by atoms with Gasteiger partial charge in [0.15, 0.2) is 5.82 Å². The van der Waals surface area contributed by atoms with Crippen LogP contribution in [0.2, 0.25) is 0 Å². The maximum absolute atomic E-state index is 14.7. The van der Waals surface area contributed by atoms with Crippen LogP contribution in [0.1, 0.15) is 83.0 Å². The van der Waals surface area contributed by atoms with Gasteiger partial charge in [-0.2, -0.15) is 5.26 Å². The molecule has 1 aromatic heterocycles. The molecule has 0 saturated heterocycles. The SMILES string of the molecule is Cc1nc(-c2ccc(C3CCC3)cc2)nc(C)c1C(=O)N[C@@H](CCN)C(=O)N(C)[C@@H]1C(=O)N[C@@H](C)C(=O)N[C@H](C(=O)NCC#N)Cc2ccc(OCCN)c(c2)-c2cc1ccc2OCCN. The van der Waals surface area contributed by atoms with Crippen LogP contribution in [-0.2, 0) is 25.6 Å². The molecule has 0 radical (unpaired) electrons. The number of aromatic nitrogens is 2. The van der Waals surface area contributed by atoms with Crippen molar-refractivity contribution < 1.29 is 33.4 Å². The molecule has 18 heteroatoms. The lowest BCUT2D eigenvalue weighted by Gasteiger charge is -2.32. The van der Waals surface area contributed by atoms with Crippen LogP contribution in [0, 0.1) is 25.2 Å². The summed E-state index contributed by atoms with van der Waals surface area (Å²) in [5.41, 5.74) is 22.7. The highest BCUT2D eigenvalue weighted by atomic mass is 16.5. The molecule has 1 aliphatic carbocycles. The zero-order valence-corrected chi connectivity index (χ0v) is 37.8. The maximum Gasteiger partial charge on any atom is 0.255 e. The van der Waals surface area contributed by atoms with Crippen LogP contribution in [0.25, 0.3) is 22.5 Å². The van der Waals surface area contributed by atoms with E-state index in [0.29, 0.717) is 56.9 Å². The molecule has 66 heavy (non-hydrogen) atoms. The van der Waals surface area contributed by atoms with Crippen molar-refractivity contribution in [3.05, 3.63) is 94.3 Å². The van der Waals surface area contributed by atoms with E-state index in [1.165, 1.54) is 43.7 Å². The fraction of sp³-hybridized carbons (Fsp3) is 0.417. The van der Waals surface area contributed by atoms with E-state index in [1.54, 1.807) is 50.2 Å². The van der Waals surface area contributed by atoms with Crippen LogP contribution in [0.4, 0.5) is 0 Å². The molecular weight excluding hydrogens is 843 g/mol. The summed E-state index contributed by atoms with van der Waals surface area (Å²) in [5, 5.41) is 19.9. The quantitative estimate of drug-likeness (QED) is 0.0796.